The van der Waals surface area contributed by atoms with Crippen LogP contribution in [-0.2, 0) is 12.7 Å². The van der Waals surface area contributed by atoms with Crippen LogP contribution < -0.4 is 5.73 Å². The number of aryl methyl sites for hydroxylation is 1. The van der Waals surface area contributed by atoms with Crippen molar-refractivity contribution in [3.05, 3.63) is 47.3 Å². The number of nitrogens with zero attached hydrogens (tertiary/aromatic N) is 2. The minimum atomic E-state index is -4.36. The summed E-state index contributed by atoms with van der Waals surface area (Å²) in [4.78, 5) is 3.86. The van der Waals surface area contributed by atoms with Crippen molar-refractivity contribution < 1.29 is 13.2 Å². The number of halogens is 3. The highest BCUT2D eigenvalue weighted by atomic mass is 19.4. The number of rotatable bonds is 2. The van der Waals surface area contributed by atoms with E-state index < -0.39 is 11.7 Å². The van der Waals surface area contributed by atoms with Gasteiger partial charge in [0.2, 0.25) is 5.95 Å². The van der Waals surface area contributed by atoms with Gasteiger partial charge in [-0.25, -0.2) is 4.98 Å². The lowest BCUT2D eigenvalue weighted by Gasteiger charge is -2.14. The summed E-state index contributed by atoms with van der Waals surface area (Å²) in [6.07, 6.45) is -2.83. The molecule has 6 heteroatoms. The number of alkyl halides is 3. The summed E-state index contributed by atoms with van der Waals surface area (Å²) in [7, 11) is 0. The Labute approximate surface area is 102 Å². The molecule has 2 rings (SSSR count). The van der Waals surface area contributed by atoms with Crippen molar-refractivity contribution >= 4 is 5.95 Å². The van der Waals surface area contributed by atoms with Gasteiger partial charge in [0.15, 0.2) is 0 Å². The highest BCUT2D eigenvalue weighted by Crippen LogP contribution is 2.32. The van der Waals surface area contributed by atoms with Gasteiger partial charge < -0.3 is 10.3 Å². The Morgan fingerprint density at radius 2 is 1.94 bits per heavy atom. The van der Waals surface area contributed by atoms with Crippen LogP contribution in [0.5, 0.6) is 0 Å². The maximum absolute atomic E-state index is 12.8. The fraction of sp³-hybridized carbons (Fsp3) is 0.250. The average molecular weight is 255 g/mol. The molecule has 1 aromatic heterocycles. The zero-order valence-electron chi connectivity index (χ0n) is 9.70. The van der Waals surface area contributed by atoms with E-state index in [4.69, 9.17) is 5.73 Å². The van der Waals surface area contributed by atoms with Crippen molar-refractivity contribution in [3.8, 4) is 0 Å². The molecule has 1 heterocycles. The second-order valence-corrected chi connectivity index (χ2v) is 4.00. The first kappa shape index (κ1) is 12.5. The minimum Gasteiger partial charge on any atom is -0.369 e. The van der Waals surface area contributed by atoms with Gasteiger partial charge in [-0.1, -0.05) is 18.2 Å². The van der Waals surface area contributed by atoms with Crippen molar-refractivity contribution in [1.82, 2.24) is 9.55 Å². The Balaban J connectivity index is 2.42. The summed E-state index contributed by atoms with van der Waals surface area (Å²) in [5.74, 6) is 0.212. The van der Waals surface area contributed by atoms with E-state index in [9.17, 15) is 13.2 Å². The molecule has 0 aliphatic rings. The average Bonchev–Trinajstić information content (AvgIpc) is 2.60. The van der Waals surface area contributed by atoms with Gasteiger partial charge in [0.25, 0.3) is 0 Å². The van der Waals surface area contributed by atoms with Crippen molar-refractivity contribution in [3.63, 3.8) is 0 Å². The van der Waals surface area contributed by atoms with Crippen LogP contribution in [0.15, 0.2) is 30.5 Å². The molecule has 18 heavy (non-hydrogen) atoms. The minimum absolute atomic E-state index is 0.0628. The molecule has 0 aliphatic carbocycles. The van der Waals surface area contributed by atoms with Crippen LogP contribution in [0.25, 0.3) is 0 Å². The van der Waals surface area contributed by atoms with E-state index in [1.807, 2.05) is 0 Å². The predicted octanol–water partition coefficient (Wildman–Crippen LogP) is 2.84. The standard InChI is InChI=1S/C12H12F3N3/c1-8-6-17-11(16)18(8)7-9-4-2-3-5-10(9)12(13,14)15/h2-6H,7H2,1H3,(H2,16,17). The topological polar surface area (TPSA) is 43.8 Å². The van der Waals surface area contributed by atoms with E-state index in [1.54, 1.807) is 17.6 Å². The molecule has 0 atom stereocenters. The smallest absolute Gasteiger partial charge is 0.369 e. The molecule has 96 valence electrons. The summed E-state index contributed by atoms with van der Waals surface area (Å²) < 4.78 is 40.0. The SMILES string of the molecule is Cc1cnc(N)n1Cc1ccccc1C(F)(F)F. The molecule has 0 fully saturated rings. The number of anilines is 1. The maximum Gasteiger partial charge on any atom is 0.416 e. The molecule has 0 spiro atoms. The molecule has 0 amide bonds. The van der Waals surface area contributed by atoms with Gasteiger partial charge >= 0.3 is 6.18 Å². The van der Waals surface area contributed by atoms with Gasteiger partial charge in [-0.2, -0.15) is 13.2 Å². The van der Waals surface area contributed by atoms with Crippen LogP contribution in [0.4, 0.5) is 19.1 Å². The van der Waals surface area contributed by atoms with Gasteiger partial charge in [0, 0.05) is 5.69 Å². The number of aromatic nitrogens is 2. The first-order valence-electron chi connectivity index (χ1n) is 5.32. The maximum atomic E-state index is 12.8. The summed E-state index contributed by atoms with van der Waals surface area (Å²) in [6, 6.07) is 5.46. The van der Waals surface area contributed by atoms with E-state index in [0.29, 0.717) is 0 Å². The van der Waals surface area contributed by atoms with Crippen LogP contribution in [0.2, 0.25) is 0 Å². The molecule has 0 aliphatic heterocycles. The van der Waals surface area contributed by atoms with Crippen LogP contribution in [0, 0.1) is 6.92 Å². The van der Waals surface area contributed by atoms with E-state index in [0.717, 1.165) is 11.8 Å². The van der Waals surface area contributed by atoms with E-state index in [2.05, 4.69) is 4.98 Å². The zero-order chi connectivity index (χ0) is 13.3. The third kappa shape index (κ3) is 2.32. The lowest BCUT2D eigenvalue weighted by atomic mass is 10.1. The number of imidazole rings is 1. The van der Waals surface area contributed by atoms with Crippen LogP contribution in [-0.4, -0.2) is 9.55 Å². The first-order chi connectivity index (χ1) is 8.39. The third-order valence-corrected chi connectivity index (χ3v) is 2.74. The van der Waals surface area contributed by atoms with Crippen LogP contribution in [0.3, 0.4) is 0 Å². The number of nitrogens with two attached hydrogens (primary N) is 1. The number of benzene rings is 1. The van der Waals surface area contributed by atoms with Gasteiger partial charge in [-0.05, 0) is 18.6 Å². The van der Waals surface area contributed by atoms with Crippen molar-refractivity contribution in [2.75, 3.05) is 5.73 Å². The fourth-order valence-corrected chi connectivity index (χ4v) is 1.79. The summed E-state index contributed by atoms with van der Waals surface area (Å²) in [5, 5.41) is 0. The second-order valence-electron chi connectivity index (χ2n) is 4.00. The molecule has 2 N–H and O–H groups in total. The third-order valence-electron chi connectivity index (χ3n) is 2.74. The van der Waals surface area contributed by atoms with Gasteiger partial charge in [-0.15, -0.1) is 0 Å². The van der Waals surface area contributed by atoms with E-state index in [-0.39, 0.29) is 18.1 Å². The molecule has 1 aromatic carbocycles. The molecule has 0 radical (unpaired) electrons. The quantitative estimate of drug-likeness (QED) is 0.896. The highest BCUT2D eigenvalue weighted by Gasteiger charge is 2.32. The summed E-state index contributed by atoms with van der Waals surface area (Å²) in [6.45, 7) is 1.81. The predicted molar refractivity (Wildman–Crippen MR) is 61.9 cm³/mol. The van der Waals surface area contributed by atoms with Gasteiger partial charge in [0.1, 0.15) is 0 Å². The zero-order valence-corrected chi connectivity index (χ0v) is 9.70. The van der Waals surface area contributed by atoms with E-state index in [1.165, 1.54) is 18.3 Å². The molecule has 2 aromatic rings. The Bertz CT molecular complexity index is 538. The Hall–Kier alpha value is -1.98. The molecular formula is C12H12F3N3. The first-order valence-corrected chi connectivity index (χ1v) is 5.32. The molecule has 0 bridgehead atoms. The van der Waals surface area contributed by atoms with Crippen molar-refractivity contribution in [1.29, 1.82) is 0 Å². The molecule has 0 saturated carbocycles. The highest BCUT2D eigenvalue weighted by molar-refractivity contribution is 5.32. The summed E-state index contributed by atoms with van der Waals surface area (Å²) in [5.41, 5.74) is 5.88. The summed E-state index contributed by atoms with van der Waals surface area (Å²) >= 11 is 0. The Morgan fingerprint density at radius 3 is 2.50 bits per heavy atom. The molecule has 3 nitrogen and oxygen atoms in total. The van der Waals surface area contributed by atoms with Gasteiger partial charge in [0.05, 0.1) is 18.3 Å². The van der Waals surface area contributed by atoms with Crippen LogP contribution in [0.1, 0.15) is 16.8 Å². The lowest BCUT2D eigenvalue weighted by molar-refractivity contribution is -0.138. The number of nitrogen functional groups attached to an aromatic ring is 1. The molecule has 0 saturated heterocycles. The number of hydrogen-bond acceptors (Lipinski definition) is 2. The van der Waals surface area contributed by atoms with Crippen molar-refractivity contribution in [2.24, 2.45) is 0 Å². The van der Waals surface area contributed by atoms with Gasteiger partial charge in [-0.3, -0.25) is 0 Å². The molecule has 0 unspecified atom stereocenters. The Kier molecular flexibility index (Phi) is 3.02. The Morgan fingerprint density at radius 1 is 1.28 bits per heavy atom. The fourth-order valence-electron chi connectivity index (χ4n) is 1.79. The largest absolute Gasteiger partial charge is 0.416 e. The monoisotopic (exact) mass is 255 g/mol. The normalized spacial score (nSPS) is 11.8. The van der Waals surface area contributed by atoms with Crippen molar-refractivity contribution in [2.45, 2.75) is 19.6 Å². The van der Waals surface area contributed by atoms with Crippen LogP contribution >= 0.6 is 0 Å². The lowest BCUT2D eigenvalue weighted by Crippen LogP contribution is -2.13. The number of hydrogen-bond donors (Lipinski definition) is 1. The molecular weight excluding hydrogens is 243 g/mol. The second kappa shape index (κ2) is 4.36. The van der Waals surface area contributed by atoms with E-state index >= 15 is 0 Å².